The summed E-state index contributed by atoms with van der Waals surface area (Å²) in [6, 6.07) is 8.67. The van der Waals surface area contributed by atoms with E-state index in [9.17, 15) is 22.8 Å². The van der Waals surface area contributed by atoms with Crippen LogP contribution in [0.2, 0.25) is 0 Å². The van der Waals surface area contributed by atoms with Gasteiger partial charge in [0.15, 0.2) is 16.8 Å². The van der Waals surface area contributed by atoms with Crippen molar-refractivity contribution in [2.75, 3.05) is 26.2 Å². The van der Waals surface area contributed by atoms with Crippen LogP contribution >= 0.6 is 0 Å². The van der Waals surface area contributed by atoms with Gasteiger partial charge >= 0.3 is 12.1 Å². The van der Waals surface area contributed by atoms with Gasteiger partial charge in [-0.2, -0.15) is 13.2 Å². The Morgan fingerprint density at radius 3 is 2.42 bits per heavy atom. The van der Waals surface area contributed by atoms with Gasteiger partial charge in [0.05, 0.1) is 0 Å². The van der Waals surface area contributed by atoms with E-state index < -0.39 is 12.1 Å². The van der Waals surface area contributed by atoms with Crippen LogP contribution in [0.1, 0.15) is 15.9 Å². The molecule has 8 nitrogen and oxygen atoms in total. The third-order valence-electron chi connectivity index (χ3n) is 4.60. The van der Waals surface area contributed by atoms with E-state index in [0.717, 1.165) is 18.7 Å². The first kappa shape index (κ1) is 22.2. The van der Waals surface area contributed by atoms with Crippen molar-refractivity contribution in [3.05, 3.63) is 51.7 Å². The number of rotatable bonds is 1. The van der Waals surface area contributed by atoms with Crippen molar-refractivity contribution in [3.8, 4) is 11.5 Å². The summed E-state index contributed by atoms with van der Waals surface area (Å²) in [4.78, 5) is 40.4. The van der Waals surface area contributed by atoms with E-state index >= 15 is 0 Å². The second kappa shape index (κ2) is 8.72. The first-order valence-corrected chi connectivity index (χ1v) is 9.23. The van der Waals surface area contributed by atoms with Crippen LogP contribution in [-0.2, 0) is 4.79 Å². The van der Waals surface area contributed by atoms with E-state index in [2.05, 4.69) is 10.3 Å². The molecule has 0 saturated carbocycles. The Kier molecular flexibility index (Phi) is 6.25. The van der Waals surface area contributed by atoms with Gasteiger partial charge in [0.25, 0.3) is 5.91 Å². The number of carbonyl (C=O) groups is 2. The summed E-state index contributed by atoms with van der Waals surface area (Å²) in [5.74, 6) is -2.77. The largest absolute Gasteiger partial charge is 0.490 e. The third-order valence-corrected chi connectivity index (χ3v) is 4.60. The third kappa shape index (κ3) is 4.82. The van der Waals surface area contributed by atoms with E-state index in [0.29, 0.717) is 29.9 Å². The average Bonchev–Trinajstić information content (AvgIpc) is 2.73. The van der Waals surface area contributed by atoms with E-state index in [4.69, 9.17) is 14.3 Å². The molecule has 2 heterocycles. The van der Waals surface area contributed by atoms with Gasteiger partial charge in [-0.3, -0.25) is 9.59 Å². The summed E-state index contributed by atoms with van der Waals surface area (Å²) in [5.41, 5.74) is 2.49. The molecule has 0 bridgehead atoms. The molecule has 0 unspecified atom stereocenters. The number of hydrogen-bond acceptors (Lipinski definition) is 6. The zero-order valence-electron chi connectivity index (χ0n) is 16.3. The second-order valence-corrected chi connectivity index (χ2v) is 6.77. The predicted octanol–water partition coefficient (Wildman–Crippen LogP) is 2.28. The number of aromatic nitrogens is 1. The Balaban J connectivity index is 0.000000339. The molecular weight excluding hydrogens is 419 g/mol. The maximum Gasteiger partial charge on any atom is 0.490 e. The van der Waals surface area contributed by atoms with Crippen LogP contribution in [0.5, 0.6) is 0 Å². The summed E-state index contributed by atoms with van der Waals surface area (Å²) in [7, 11) is 0. The van der Waals surface area contributed by atoms with Crippen molar-refractivity contribution in [1.82, 2.24) is 15.2 Å². The van der Waals surface area contributed by atoms with E-state index in [-0.39, 0.29) is 22.7 Å². The highest BCUT2D eigenvalue weighted by atomic mass is 19.4. The Morgan fingerprint density at radius 2 is 1.81 bits per heavy atom. The summed E-state index contributed by atoms with van der Waals surface area (Å²) < 4.78 is 37.7. The lowest BCUT2D eigenvalue weighted by Gasteiger charge is -2.27. The summed E-state index contributed by atoms with van der Waals surface area (Å²) in [6.07, 6.45) is -5.08. The number of amides is 1. The van der Waals surface area contributed by atoms with E-state index in [1.54, 1.807) is 11.0 Å². The molecule has 2 N–H and O–H groups in total. The van der Waals surface area contributed by atoms with Crippen LogP contribution in [0.25, 0.3) is 22.6 Å². The normalized spacial score (nSPS) is 14.3. The van der Waals surface area contributed by atoms with Gasteiger partial charge in [-0.1, -0.05) is 12.1 Å². The van der Waals surface area contributed by atoms with Gasteiger partial charge in [-0.15, -0.1) is 0 Å². The van der Waals surface area contributed by atoms with Crippen molar-refractivity contribution in [2.24, 2.45) is 0 Å². The standard InChI is InChI=1S/C18H17N3O3.C2HF3O2/c1-11-3-2-4-12-16(11)24-17-13(20-12)5-6-14(22)15(17)18(23)21-9-7-19-8-10-21;3-2(4,5)1(6)7/h2-6,19H,7-10H2,1H3;(H,6,7). The van der Waals surface area contributed by atoms with Gasteiger partial charge in [-0.25, -0.2) is 9.78 Å². The van der Waals surface area contributed by atoms with Crippen LogP contribution < -0.4 is 10.7 Å². The topological polar surface area (TPSA) is 113 Å². The maximum atomic E-state index is 12.9. The molecule has 1 aliphatic carbocycles. The maximum absolute atomic E-state index is 12.9. The highest BCUT2D eigenvalue weighted by molar-refractivity contribution is 6.00. The number of aliphatic carboxylic acids is 1. The Bertz CT molecular complexity index is 1150. The summed E-state index contributed by atoms with van der Waals surface area (Å²) in [5, 5.41) is 10.3. The highest BCUT2D eigenvalue weighted by Gasteiger charge is 2.38. The molecule has 1 amide bonds. The van der Waals surface area contributed by atoms with Gasteiger partial charge in [0, 0.05) is 26.2 Å². The number of carboxylic acids is 1. The predicted molar refractivity (Wildman–Crippen MR) is 104 cm³/mol. The number of alkyl halides is 3. The fraction of sp³-hybridized carbons (Fsp3) is 0.300. The molecule has 11 heteroatoms. The smallest absolute Gasteiger partial charge is 0.475 e. The Hall–Kier alpha value is -3.47. The number of fused-ring (bicyclic) bond motifs is 2. The Morgan fingerprint density at radius 1 is 1.16 bits per heavy atom. The number of para-hydroxylation sites is 1. The van der Waals surface area contributed by atoms with Crippen molar-refractivity contribution < 1.29 is 32.3 Å². The number of carbonyl (C=O) groups excluding carboxylic acids is 1. The lowest BCUT2D eigenvalue weighted by Crippen LogP contribution is -2.47. The first-order chi connectivity index (χ1) is 14.6. The fourth-order valence-corrected chi connectivity index (χ4v) is 3.06. The number of carboxylic acid groups (broad SMARTS) is 1. The monoisotopic (exact) mass is 437 g/mol. The van der Waals surface area contributed by atoms with E-state index in [1.165, 1.54) is 6.07 Å². The lowest BCUT2D eigenvalue weighted by molar-refractivity contribution is -0.192. The van der Waals surface area contributed by atoms with Crippen molar-refractivity contribution in [2.45, 2.75) is 13.1 Å². The molecule has 1 aromatic rings. The molecule has 0 radical (unpaired) electrons. The van der Waals surface area contributed by atoms with Crippen molar-refractivity contribution in [1.29, 1.82) is 0 Å². The van der Waals surface area contributed by atoms with Crippen molar-refractivity contribution in [3.63, 3.8) is 0 Å². The van der Waals surface area contributed by atoms with Crippen molar-refractivity contribution >= 4 is 23.0 Å². The minimum absolute atomic E-state index is 0.0760. The number of piperazine rings is 1. The molecule has 0 spiro atoms. The van der Waals surface area contributed by atoms with Gasteiger partial charge in [0.1, 0.15) is 16.8 Å². The molecule has 0 aromatic heterocycles. The second-order valence-electron chi connectivity index (χ2n) is 6.77. The number of nitrogens with zero attached hydrogens (tertiary/aromatic N) is 2. The molecule has 1 fully saturated rings. The van der Waals surface area contributed by atoms with Crippen LogP contribution in [0.15, 0.2) is 39.5 Å². The molecule has 31 heavy (non-hydrogen) atoms. The molecule has 3 aliphatic rings. The van der Waals surface area contributed by atoms with Gasteiger partial charge in [0.2, 0.25) is 0 Å². The Labute approximate surface area is 173 Å². The van der Waals surface area contributed by atoms with E-state index in [1.807, 2.05) is 25.1 Å². The molecule has 2 aliphatic heterocycles. The van der Waals surface area contributed by atoms with Crippen LogP contribution in [-0.4, -0.2) is 59.2 Å². The van der Waals surface area contributed by atoms with Gasteiger partial charge in [-0.05, 0) is 30.7 Å². The molecule has 1 saturated heterocycles. The molecule has 0 atom stereocenters. The lowest BCUT2D eigenvalue weighted by atomic mass is 10.1. The summed E-state index contributed by atoms with van der Waals surface area (Å²) >= 11 is 0. The quantitative estimate of drug-likeness (QED) is 0.562. The zero-order chi connectivity index (χ0) is 22.8. The van der Waals surface area contributed by atoms with Crippen LogP contribution in [0, 0.1) is 6.92 Å². The molecular formula is C20H18F3N3O5. The number of hydrogen-bond donors (Lipinski definition) is 2. The van der Waals surface area contributed by atoms with Crippen LogP contribution in [0.4, 0.5) is 13.2 Å². The number of benzene rings is 2. The minimum atomic E-state index is -5.08. The summed E-state index contributed by atoms with van der Waals surface area (Å²) in [6.45, 7) is 4.52. The molecule has 4 rings (SSSR count). The van der Waals surface area contributed by atoms with Crippen LogP contribution in [0.3, 0.4) is 0 Å². The molecule has 1 aromatic carbocycles. The minimum Gasteiger partial charge on any atom is -0.475 e. The number of aryl methyl sites for hydroxylation is 1. The fourth-order valence-electron chi connectivity index (χ4n) is 3.06. The van der Waals surface area contributed by atoms with Gasteiger partial charge < -0.3 is 19.7 Å². The SMILES string of the molecule is Cc1cccc2nc3ccc(=O)c(C(=O)N4CCNCC4)c-3oc12.O=C(O)C(F)(F)F. The first-order valence-electron chi connectivity index (χ1n) is 9.23. The zero-order valence-corrected chi connectivity index (χ0v) is 16.3. The average molecular weight is 437 g/mol. The number of nitrogens with one attached hydrogen (secondary N) is 1. The highest BCUT2D eigenvalue weighted by Crippen LogP contribution is 2.28. The molecule has 164 valence electrons. The number of halogens is 3.